The zero-order chi connectivity index (χ0) is 13.8. The third-order valence-electron chi connectivity index (χ3n) is 2.55. The molecule has 6 nitrogen and oxygen atoms in total. The van der Waals surface area contributed by atoms with Gasteiger partial charge in [-0.25, -0.2) is 0 Å². The molecule has 1 aromatic rings. The molecule has 0 aromatic carbocycles. The number of hydrogen-bond donors (Lipinski definition) is 3. The Bertz CT molecular complexity index is 438. The van der Waals surface area contributed by atoms with Crippen molar-refractivity contribution in [2.75, 3.05) is 5.32 Å². The summed E-state index contributed by atoms with van der Waals surface area (Å²) in [6, 6.07) is 1.77. The summed E-state index contributed by atoms with van der Waals surface area (Å²) in [6.45, 7) is 5.49. The second-order valence-electron chi connectivity index (χ2n) is 5.09. The standard InChI is InChI=1S/C12H19N3O3/c1-4-8-5-9(15-14-8)13-10(16)6-12(2,3)7-11(17)18/h5H,4,6-7H2,1-3H3,(H,17,18)(H2,13,14,15,16). The number of carbonyl (C=O) groups excluding carboxylic acids is 1. The number of aliphatic carboxylic acids is 1. The maximum atomic E-state index is 11.7. The van der Waals surface area contributed by atoms with Gasteiger partial charge < -0.3 is 10.4 Å². The number of aromatic nitrogens is 2. The van der Waals surface area contributed by atoms with Gasteiger partial charge in [0.2, 0.25) is 5.91 Å². The molecule has 0 atom stereocenters. The fourth-order valence-corrected chi connectivity index (χ4v) is 1.70. The minimum atomic E-state index is -0.902. The first-order valence-electron chi connectivity index (χ1n) is 5.88. The van der Waals surface area contributed by atoms with Crippen LogP contribution in [0.15, 0.2) is 6.07 Å². The summed E-state index contributed by atoms with van der Waals surface area (Å²) in [5.74, 6) is -0.654. The van der Waals surface area contributed by atoms with E-state index in [1.807, 2.05) is 6.92 Å². The van der Waals surface area contributed by atoms with Crippen LogP contribution in [0, 0.1) is 5.41 Å². The van der Waals surface area contributed by atoms with Crippen LogP contribution in [0.5, 0.6) is 0 Å². The van der Waals surface area contributed by atoms with Crippen LogP contribution in [0.4, 0.5) is 5.82 Å². The number of nitrogens with zero attached hydrogens (tertiary/aromatic N) is 1. The van der Waals surface area contributed by atoms with Crippen molar-refractivity contribution in [3.63, 3.8) is 0 Å². The molecule has 1 amide bonds. The van der Waals surface area contributed by atoms with Gasteiger partial charge in [0.25, 0.3) is 0 Å². The Labute approximate surface area is 106 Å². The summed E-state index contributed by atoms with van der Waals surface area (Å²) >= 11 is 0. The number of aryl methyl sites for hydroxylation is 1. The van der Waals surface area contributed by atoms with Crippen molar-refractivity contribution in [1.29, 1.82) is 0 Å². The molecule has 1 heterocycles. The summed E-state index contributed by atoms with van der Waals surface area (Å²) in [7, 11) is 0. The third kappa shape index (κ3) is 4.57. The van der Waals surface area contributed by atoms with E-state index in [-0.39, 0.29) is 18.7 Å². The molecular weight excluding hydrogens is 234 g/mol. The van der Waals surface area contributed by atoms with Gasteiger partial charge in [-0.3, -0.25) is 14.7 Å². The average molecular weight is 253 g/mol. The van der Waals surface area contributed by atoms with Gasteiger partial charge in [-0.1, -0.05) is 20.8 Å². The van der Waals surface area contributed by atoms with Crippen molar-refractivity contribution in [1.82, 2.24) is 10.2 Å². The van der Waals surface area contributed by atoms with E-state index in [1.54, 1.807) is 19.9 Å². The monoisotopic (exact) mass is 253 g/mol. The van der Waals surface area contributed by atoms with Gasteiger partial charge >= 0.3 is 5.97 Å². The van der Waals surface area contributed by atoms with Gasteiger partial charge in [-0.2, -0.15) is 5.10 Å². The largest absolute Gasteiger partial charge is 0.481 e. The fraction of sp³-hybridized carbons (Fsp3) is 0.583. The molecule has 0 aliphatic carbocycles. The second-order valence-corrected chi connectivity index (χ2v) is 5.09. The smallest absolute Gasteiger partial charge is 0.303 e. The molecule has 18 heavy (non-hydrogen) atoms. The van der Waals surface area contributed by atoms with E-state index in [0.29, 0.717) is 5.82 Å². The molecule has 0 radical (unpaired) electrons. The molecule has 0 aliphatic heterocycles. The highest BCUT2D eigenvalue weighted by Crippen LogP contribution is 2.25. The van der Waals surface area contributed by atoms with Crippen LogP contribution in [0.3, 0.4) is 0 Å². The van der Waals surface area contributed by atoms with Crippen molar-refractivity contribution in [3.05, 3.63) is 11.8 Å². The van der Waals surface area contributed by atoms with E-state index in [0.717, 1.165) is 12.1 Å². The topological polar surface area (TPSA) is 95.1 Å². The summed E-state index contributed by atoms with van der Waals surface area (Å²) in [5, 5.41) is 18.1. The van der Waals surface area contributed by atoms with Crippen LogP contribution >= 0.6 is 0 Å². The van der Waals surface area contributed by atoms with Crippen LogP contribution in [0.25, 0.3) is 0 Å². The molecule has 0 spiro atoms. The summed E-state index contributed by atoms with van der Waals surface area (Å²) in [6.07, 6.45) is 0.919. The lowest BCUT2D eigenvalue weighted by atomic mass is 9.85. The lowest BCUT2D eigenvalue weighted by Crippen LogP contribution is -2.24. The highest BCUT2D eigenvalue weighted by Gasteiger charge is 2.25. The number of hydrogen-bond acceptors (Lipinski definition) is 3. The lowest BCUT2D eigenvalue weighted by Gasteiger charge is -2.20. The number of amides is 1. The fourth-order valence-electron chi connectivity index (χ4n) is 1.70. The number of aromatic amines is 1. The highest BCUT2D eigenvalue weighted by molar-refractivity contribution is 5.90. The van der Waals surface area contributed by atoms with E-state index in [4.69, 9.17) is 5.11 Å². The quantitative estimate of drug-likeness (QED) is 0.720. The molecule has 0 bridgehead atoms. The zero-order valence-corrected chi connectivity index (χ0v) is 10.9. The minimum Gasteiger partial charge on any atom is -0.481 e. The van der Waals surface area contributed by atoms with E-state index in [1.165, 1.54) is 0 Å². The Kier molecular flexibility index (Phi) is 4.47. The number of carboxylic acids is 1. The van der Waals surface area contributed by atoms with Crippen LogP contribution in [-0.2, 0) is 16.0 Å². The van der Waals surface area contributed by atoms with E-state index >= 15 is 0 Å². The molecule has 0 aliphatic rings. The van der Waals surface area contributed by atoms with Gasteiger partial charge in [0, 0.05) is 18.2 Å². The molecule has 0 fully saturated rings. The van der Waals surface area contributed by atoms with Gasteiger partial charge in [-0.05, 0) is 11.8 Å². The Balaban J connectivity index is 2.53. The molecular formula is C12H19N3O3. The second kappa shape index (κ2) is 5.66. The minimum absolute atomic E-state index is 0.0405. The average Bonchev–Trinajstić information content (AvgIpc) is 2.61. The predicted octanol–water partition coefficient (Wildman–Crippen LogP) is 1.80. The third-order valence-corrected chi connectivity index (χ3v) is 2.55. The van der Waals surface area contributed by atoms with Gasteiger partial charge in [-0.15, -0.1) is 0 Å². The maximum absolute atomic E-state index is 11.7. The summed E-state index contributed by atoms with van der Waals surface area (Å²) < 4.78 is 0. The molecule has 0 saturated carbocycles. The van der Waals surface area contributed by atoms with Crippen molar-refractivity contribution >= 4 is 17.7 Å². The Morgan fingerprint density at radius 2 is 2.11 bits per heavy atom. The maximum Gasteiger partial charge on any atom is 0.303 e. The first-order chi connectivity index (χ1) is 8.32. The first-order valence-corrected chi connectivity index (χ1v) is 5.88. The van der Waals surface area contributed by atoms with Crippen molar-refractivity contribution in [2.24, 2.45) is 5.41 Å². The van der Waals surface area contributed by atoms with Crippen molar-refractivity contribution in [2.45, 2.75) is 40.0 Å². The number of rotatable bonds is 6. The molecule has 0 unspecified atom stereocenters. The van der Waals surface area contributed by atoms with E-state index in [2.05, 4.69) is 15.5 Å². The predicted molar refractivity (Wildman–Crippen MR) is 67.2 cm³/mol. The zero-order valence-electron chi connectivity index (χ0n) is 10.9. The first kappa shape index (κ1) is 14.2. The molecule has 1 aromatic heterocycles. The summed E-state index contributed by atoms with van der Waals surface area (Å²) in [5.41, 5.74) is 0.370. The Morgan fingerprint density at radius 1 is 1.44 bits per heavy atom. The number of carbonyl (C=O) groups is 2. The van der Waals surface area contributed by atoms with Crippen LogP contribution in [0.1, 0.15) is 39.3 Å². The van der Waals surface area contributed by atoms with Gasteiger partial charge in [0.1, 0.15) is 0 Å². The van der Waals surface area contributed by atoms with E-state index < -0.39 is 11.4 Å². The molecule has 0 saturated heterocycles. The number of nitrogens with one attached hydrogen (secondary N) is 2. The molecule has 3 N–H and O–H groups in total. The van der Waals surface area contributed by atoms with Crippen LogP contribution < -0.4 is 5.32 Å². The summed E-state index contributed by atoms with van der Waals surface area (Å²) in [4.78, 5) is 22.4. The lowest BCUT2D eigenvalue weighted by molar-refractivity contribution is -0.139. The Hall–Kier alpha value is -1.85. The number of H-pyrrole nitrogens is 1. The molecule has 1 rings (SSSR count). The number of anilines is 1. The normalized spacial score (nSPS) is 11.3. The van der Waals surface area contributed by atoms with Gasteiger partial charge in [0.05, 0.1) is 6.42 Å². The van der Waals surface area contributed by atoms with Crippen LogP contribution in [0.2, 0.25) is 0 Å². The van der Waals surface area contributed by atoms with Gasteiger partial charge in [0.15, 0.2) is 5.82 Å². The Morgan fingerprint density at radius 3 is 2.61 bits per heavy atom. The van der Waals surface area contributed by atoms with Crippen molar-refractivity contribution in [3.8, 4) is 0 Å². The highest BCUT2D eigenvalue weighted by atomic mass is 16.4. The number of carboxylic acid groups (broad SMARTS) is 1. The SMILES string of the molecule is CCc1cc(NC(=O)CC(C)(C)CC(=O)O)n[nH]1. The van der Waals surface area contributed by atoms with Crippen molar-refractivity contribution < 1.29 is 14.7 Å². The molecule has 100 valence electrons. The molecule has 6 heteroatoms. The van der Waals surface area contributed by atoms with E-state index in [9.17, 15) is 9.59 Å². The van der Waals surface area contributed by atoms with Crippen LogP contribution in [-0.4, -0.2) is 27.2 Å².